The van der Waals surface area contributed by atoms with Crippen molar-refractivity contribution in [2.24, 2.45) is 0 Å². The number of methoxy groups -OCH3 is 2. The van der Waals surface area contributed by atoms with Gasteiger partial charge in [-0.3, -0.25) is 0 Å². The number of furan rings is 1. The number of nitrogens with one attached hydrogen (secondary N) is 1. The second kappa shape index (κ2) is 6.87. The molecule has 5 heteroatoms. The summed E-state index contributed by atoms with van der Waals surface area (Å²) in [4.78, 5) is 0. The normalized spacial score (nSPS) is 12.2. The molecular formula is C16H20ClNO3. The summed E-state index contributed by atoms with van der Waals surface area (Å²) in [7, 11) is 3.20. The average Bonchev–Trinajstić information content (AvgIpc) is 2.91. The molecule has 2 rings (SSSR count). The molecule has 0 aliphatic carbocycles. The lowest BCUT2D eigenvalue weighted by Crippen LogP contribution is -2.22. The van der Waals surface area contributed by atoms with Crippen molar-refractivity contribution in [3.05, 3.63) is 46.4 Å². The van der Waals surface area contributed by atoms with Gasteiger partial charge in [-0.1, -0.05) is 18.5 Å². The summed E-state index contributed by atoms with van der Waals surface area (Å²) < 4.78 is 16.1. The molecule has 1 unspecified atom stereocenters. The molecular weight excluding hydrogens is 290 g/mol. The summed E-state index contributed by atoms with van der Waals surface area (Å²) in [5.41, 5.74) is 1.96. The maximum atomic E-state index is 6.42. The van der Waals surface area contributed by atoms with Crippen molar-refractivity contribution in [1.82, 2.24) is 5.32 Å². The van der Waals surface area contributed by atoms with Crippen LogP contribution in [0.4, 0.5) is 0 Å². The molecule has 1 aromatic heterocycles. The maximum Gasteiger partial charge on any atom is 0.162 e. The van der Waals surface area contributed by atoms with Crippen LogP contribution in [0.25, 0.3) is 0 Å². The van der Waals surface area contributed by atoms with E-state index in [1.54, 1.807) is 26.5 Å². The molecule has 1 atom stereocenters. The Hall–Kier alpha value is -1.65. The Morgan fingerprint density at radius 1 is 1.19 bits per heavy atom. The molecule has 114 valence electrons. The predicted molar refractivity (Wildman–Crippen MR) is 83.5 cm³/mol. The van der Waals surface area contributed by atoms with Crippen LogP contribution in [-0.2, 0) is 0 Å². The van der Waals surface area contributed by atoms with Gasteiger partial charge < -0.3 is 19.2 Å². The van der Waals surface area contributed by atoms with Gasteiger partial charge in [-0.15, -0.1) is 0 Å². The fourth-order valence-corrected chi connectivity index (χ4v) is 2.58. The molecule has 21 heavy (non-hydrogen) atoms. The number of benzene rings is 1. The first-order valence-electron chi connectivity index (χ1n) is 6.80. The quantitative estimate of drug-likeness (QED) is 0.877. The molecule has 0 fully saturated rings. The first kappa shape index (κ1) is 15.7. The zero-order valence-electron chi connectivity index (χ0n) is 12.7. The number of rotatable bonds is 6. The third-order valence-electron chi connectivity index (χ3n) is 3.31. The third-order valence-corrected chi connectivity index (χ3v) is 3.63. The molecule has 0 spiro atoms. The van der Waals surface area contributed by atoms with Gasteiger partial charge in [-0.2, -0.15) is 0 Å². The molecule has 0 saturated heterocycles. The molecule has 0 radical (unpaired) electrons. The zero-order chi connectivity index (χ0) is 15.4. The smallest absolute Gasteiger partial charge is 0.162 e. The molecule has 0 aliphatic rings. The van der Waals surface area contributed by atoms with E-state index in [1.807, 2.05) is 19.1 Å². The molecule has 1 aromatic carbocycles. The van der Waals surface area contributed by atoms with E-state index in [9.17, 15) is 0 Å². The fourth-order valence-electron chi connectivity index (χ4n) is 2.32. The number of hydrogen-bond donors (Lipinski definition) is 1. The molecule has 0 aliphatic heterocycles. The van der Waals surface area contributed by atoms with E-state index in [4.69, 9.17) is 25.5 Å². The minimum atomic E-state index is -0.0558. The lowest BCUT2D eigenvalue weighted by Gasteiger charge is -2.20. The monoisotopic (exact) mass is 309 g/mol. The van der Waals surface area contributed by atoms with Crippen LogP contribution in [0.1, 0.15) is 29.9 Å². The molecule has 1 heterocycles. The van der Waals surface area contributed by atoms with Crippen LogP contribution < -0.4 is 14.8 Å². The number of halogens is 1. The zero-order valence-corrected chi connectivity index (χ0v) is 13.5. The predicted octanol–water partition coefficient (Wildman–Crippen LogP) is 3.96. The average molecular weight is 310 g/mol. The highest BCUT2D eigenvalue weighted by Crippen LogP contribution is 2.38. The van der Waals surface area contributed by atoms with Crippen molar-refractivity contribution in [3.8, 4) is 11.5 Å². The Balaban J connectivity index is 2.49. The molecule has 0 amide bonds. The van der Waals surface area contributed by atoms with E-state index in [0.29, 0.717) is 16.5 Å². The number of hydrogen-bond acceptors (Lipinski definition) is 4. The SMILES string of the molecule is CCNC(c1coc(C)c1)c1cc(OC)c(OC)cc1Cl. The number of ether oxygens (including phenoxy) is 2. The van der Waals surface area contributed by atoms with Crippen LogP contribution in [0.15, 0.2) is 28.9 Å². The Kier molecular flexibility index (Phi) is 5.15. The summed E-state index contributed by atoms with van der Waals surface area (Å²) >= 11 is 6.42. The van der Waals surface area contributed by atoms with Gasteiger partial charge in [0.15, 0.2) is 11.5 Å². The fraction of sp³-hybridized carbons (Fsp3) is 0.375. The summed E-state index contributed by atoms with van der Waals surface area (Å²) in [6.45, 7) is 4.77. The minimum Gasteiger partial charge on any atom is -0.493 e. The molecule has 0 saturated carbocycles. The van der Waals surface area contributed by atoms with E-state index in [-0.39, 0.29) is 6.04 Å². The Labute approximate surface area is 130 Å². The van der Waals surface area contributed by atoms with Crippen LogP contribution in [0, 0.1) is 6.92 Å². The summed E-state index contributed by atoms with van der Waals surface area (Å²) in [6.07, 6.45) is 1.75. The van der Waals surface area contributed by atoms with Gasteiger partial charge in [0.25, 0.3) is 0 Å². The van der Waals surface area contributed by atoms with E-state index in [2.05, 4.69) is 12.2 Å². The van der Waals surface area contributed by atoms with Gasteiger partial charge in [-0.25, -0.2) is 0 Å². The molecule has 0 bridgehead atoms. The van der Waals surface area contributed by atoms with Gasteiger partial charge in [-0.05, 0) is 31.2 Å². The van der Waals surface area contributed by atoms with Crippen LogP contribution in [0.5, 0.6) is 11.5 Å². The standard InChI is InChI=1S/C16H20ClNO3/c1-5-18-16(11-6-10(2)21-9-11)12-7-14(19-3)15(20-4)8-13(12)17/h6-9,16,18H,5H2,1-4H3. The van der Waals surface area contributed by atoms with Gasteiger partial charge in [0.2, 0.25) is 0 Å². The van der Waals surface area contributed by atoms with Gasteiger partial charge in [0.1, 0.15) is 5.76 Å². The van der Waals surface area contributed by atoms with E-state index in [0.717, 1.165) is 23.4 Å². The molecule has 2 aromatic rings. The van der Waals surface area contributed by atoms with Crippen molar-refractivity contribution in [3.63, 3.8) is 0 Å². The van der Waals surface area contributed by atoms with Crippen molar-refractivity contribution >= 4 is 11.6 Å². The second-order valence-corrected chi connectivity index (χ2v) is 5.12. The van der Waals surface area contributed by atoms with Gasteiger partial charge in [0, 0.05) is 16.7 Å². The van der Waals surface area contributed by atoms with Crippen molar-refractivity contribution < 1.29 is 13.9 Å². The van der Waals surface area contributed by atoms with Crippen molar-refractivity contribution in [2.75, 3.05) is 20.8 Å². The molecule has 1 N–H and O–H groups in total. The summed E-state index contributed by atoms with van der Waals surface area (Å²) in [5, 5.41) is 4.04. The lowest BCUT2D eigenvalue weighted by molar-refractivity contribution is 0.354. The summed E-state index contributed by atoms with van der Waals surface area (Å²) in [6, 6.07) is 5.62. The van der Waals surface area contributed by atoms with Crippen LogP contribution in [0.2, 0.25) is 5.02 Å². The molecule has 4 nitrogen and oxygen atoms in total. The van der Waals surface area contributed by atoms with E-state index in [1.165, 1.54) is 0 Å². The third kappa shape index (κ3) is 3.34. The maximum absolute atomic E-state index is 6.42. The Bertz CT molecular complexity index is 610. The van der Waals surface area contributed by atoms with Gasteiger partial charge >= 0.3 is 0 Å². The van der Waals surface area contributed by atoms with Crippen molar-refractivity contribution in [1.29, 1.82) is 0 Å². The minimum absolute atomic E-state index is 0.0558. The van der Waals surface area contributed by atoms with Gasteiger partial charge in [0.05, 0.1) is 26.5 Å². The largest absolute Gasteiger partial charge is 0.493 e. The highest BCUT2D eigenvalue weighted by Gasteiger charge is 2.20. The highest BCUT2D eigenvalue weighted by molar-refractivity contribution is 6.31. The van der Waals surface area contributed by atoms with Crippen LogP contribution >= 0.6 is 11.6 Å². The Morgan fingerprint density at radius 3 is 2.38 bits per heavy atom. The topological polar surface area (TPSA) is 43.6 Å². The van der Waals surface area contributed by atoms with Crippen molar-refractivity contribution in [2.45, 2.75) is 19.9 Å². The lowest BCUT2D eigenvalue weighted by atomic mass is 10.00. The summed E-state index contributed by atoms with van der Waals surface area (Å²) in [5.74, 6) is 2.13. The van der Waals surface area contributed by atoms with E-state index < -0.39 is 0 Å². The highest BCUT2D eigenvalue weighted by atomic mass is 35.5. The number of aryl methyl sites for hydroxylation is 1. The van der Waals surface area contributed by atoms with Crippen LogP contribution in [0.3, 0.4) is 0 Å². The first-order chi connectivity index (χ1) is 10.1. The first-order valence-corrected chi connectivity index (χ1v) is 7.18. The van der Waals surface area contributed by atoms with E-state index >= 15 is 0 Å². The Morgan fingerprint density at radius 2 is 1.86 bits per heavy atom. The second-order valence-electron chi connectivity index (χ2n) is 4.71. The van der Waals surface area contributed by atoms with Crippen LogP contribution in [-0.4, -0.2) is 20.8 Å².